The van der Waals surface area contributed by atoms with E-state index in [4.69, 9.17) is 14.4 Å². The van der Waals surface area contributed by atoms with Crippen molar-refractivity contribution in [1.82, 2.24) is 10.1 Å². The number of carbonyl (C=O) groups is 1. The largest absolute Gasteiger partial charge is 0.479 e. The Balaban J connectivity index is 2.47. The maximum atomic E-state index is 10.4. The Morgan fingerprint density at radius 3 is 2.67 bits per heavy atom. The lowest BCUT2D eigenvalue weighted by molar-refractivity contribution is -0.150. The highest BCUT2D eigenvalue weighted by Crippen LogP contribution is 2.11. The van der Waals surface area contributed by atoms with Crippen molar-refractivity contribution in [3.63, 3.8) is 0 Å². The maximum Gasteiger partial charge on any atom is 0.332 e. The number of rotatable bonds is 5. The highest BCUT2D eigenvalue weighted by molar-refractivity contribution is 5.71. The molecule has 1 heterocycles. The molecule has 0 spiro atoms. The third-order valence-corrected chi connectivity index (χ3v) is 1.79. The van der Waals surface area contributed by atoms with E-state index < -0.39 is 12.1 Å². The highest BCUT2D eigenvalue weighted by Gasteiger charge is 2.14. The number of hydrogen-bond donors (Lipinski definition) is 1. The van der Waals surface area contributed by atoms with E-state index in [2.05, 4.69) is 10.1 Å². The minimum absolute atomic E-state index is 0.0453. The number of ether oxygens (including phenoxy) is 1. The number of carboxylic acid groups (broad SMARTS) is 1. The molecule has 0 amide bonds. The van der Waals surface area contributed by atoms with Crippen molar-refractivity contribution in [2.24, 2.45) is 0 Å². The lowest BCUT2D eigenvalue weighted by Crippen LogP contribution is -2.19. The van der Waals surface area contributed by atoms with Crippen LogP contribution in [0.15, 0.2) is 4.52 Å². The SMILES string of the molecule is CC(C)c1nc(CO[C@H](C)C(=O)O)no1. The molecule has 0 saturated heterocycles. The Kier molecular flexibility index (Phi) is 3.79. The summed E-state index contributed by atoms with van der Waals surface area (Å²) in [6.45, 7) is 5.35. The quantitative estimate of drug-likeness (QED) is 0.792. The van der Waals surface area contributed by atoms with Crippen molar-refractivity contribution in [3.05, 3.63) is 11.7 Å². The molecule has 0 radical (unpaired) electrons. The summed E-state index contributed by atoms with van der Waals surface area (Å²) in [7, 11) is 0. The molecule has 0 bridgehead atoms. The molecule has 0 unspecified atom stereocenters. The van der Waals surface area contributed by atoms with Crippen LogP contribution in [0.5, 0.6) is 0 Å². The van der Waals surface area contributed by atoms with Gasteiger partial charge in [0.15, 0.2) is 11.9 Å². The van der Waals surface area contributed by atoms with Crippen molar-refractivity contribution in [2.75, 3.05) is 0 Å². The third kappa shape index (κ3) is 3.32. The van der Waals surface area contributed by atoms with Gasteiger partial charge in [-0.15, -0.1) is 0 Å². The van der Waals surface area contributed by atoms with Gasteiger partial charge in [-0.05, 0) is 6.92 Å². The van der Waals surface area contributed by atoms with Crippen molar-refractivity contribution in [3.8, 4) is 0 Å². The monoisotopic (exact) mass is 214 g/mol. The summed E-state index contributed by atoms with van der Waals surface area (Å²) in [4.78, 5) is 14.5. The zero-order valence-electron chi connectivity index (χ0n) is 8.93. The fourth-order valence-electron chi connectivity index (χ4n) is 0.831. The smallest absolute Gasteiger partial charge is 0.332 e. The van der Waals surface area contributed by atoms with Gasteiger partial charge in [0.25, 0.3) is 0 Å². The van der Waals surface area contributed by atoms with E-state index in [1.807, 2.05) is 13.8 Å². The average Bonchev–Trinajstić information content (AvgIpc) is 2.62. The lowest BCUT2D eigenvalue weighted by atomic mass is 10.2. The highest BCUT2D eigenvalue weighted by atomic mass is 16.5. The van der Waals surface area contributed by atoms with Crippen molar-refractivity contribution in [1.29, 1.82) is 0 Å². The molecule has 0 aliphatic carbocycles. The fourth-order valence-corrected chi connectivity index (χ4v) is 0.831. The molecule has 0 aromatic carbocycles. The first-order valence-electron chi connectivity index (χ1n) is 4.67. The lowest BCUT2D eigenvalue weighted by Gasteiger charge is -2.04. The number of hydrogen-bond acceptors (Lipinski definition) is 5. The summed E-state index contributed by atoms with van der Waals surface area (Å²) in [6, 6.07) is 0. The molecule has 1 rings (SSSR count). The van der Waals surface area contributed by atoms with Crippen LogP contribution in [-0.4, -0.2) is 27.3 Å². The van der Waals surface area contributed by atoms with E-state index in [1.165, 1.54) is 6.92 Å². The first kappa shape index (κ1) is 11.6. The second kappa shape index (κ2) is 4.88. The van der Waals surface area contributed by atoms with Gasteiger partial charge in [0.2, 0.25) is 5.89 Å². The minimum Gasteiger partial charge on any atom is -0.479 e. The van der Waals surface area contributed by atoms with Crippen LogP contribution < -0.4 is 0 Å². The Morgan fingerprint density at radius 2 is 2.20 bits per heavy atom. The normalized spacial score (nSPS) is 13.1. The van der Waals surface area contributed by atoms with Gasteiger partial charge in [0.1, 0.15) is 6.61 Å². The predicted octanol–water partition coefficient (Wildman–Crippen LogP) is 1.18. The molecule has 15 heavy (non-hydrogen) atoms. The zero-order chi connectivity index (χ0) is 11.4. The van der Waals surface area contributed by atoms with E-state index in [-0.39, 0.29) is 12.5 Å². The number of nitrogens with zero attached hydrogens (tertiary/aromatic N) is 2. The van der Waals surface area contributed by atoms with E-state index in [9.17, 15) is 4.79 Å². The van der Waals surface area contributed by atoms with Gasteiger partial charge in [-0.3, -0.25) is 0 Å². The van der Waals surface area contributed by atoms with E-state index in [0.717, 1.165) is 0 Å². The third-order valence-electron chi connectivity index (χ3n) is 1.79. The van der Waals surface area contributed by atoms with Crippen molar-refractivity contribution < 1.29 is 19.2 Å². The second-order valence-corrected chi connectivity index (χ2v) is 3.50. The van der Waals surface area contributed by atoms with E-state index >= 15 is 0 Å². The molecule has 84 valence electrons. The zero-order valence-corrected chi connectivity index (χ0v) is 8.93. The standard InChI is InChI=1S/C9H14N2O4/c1-5(2)8-10-7(11-15-8)4-14-6(3)9(12)13/h5-6H,4H2,1-3H3,(H,12,13)/t6-/m1/s1. The molecule has 1 aromatic heterocycles. The molecule has 1 atom stereocenters. The van der Waals surface area contributed by atoms with Crippen LogP contribution in [0.2, 0.25) is 0 Å². The predicted molar refractivity (Wildman–Crippen MR) is 50.3 cm³/mol. The fraction of sp³-hybridized carbons (Fsp3) is 0.667. The topological polar surface area (TPSA) is 85.5 Å². The van der Waals surface area contributed by atoms with Gasteiger partial charge < -0.3 is 14.4 Å². The van der Waals surface area contributed by atoms with Gasteiger partial charge in [-0.1, -0.05) is 19.0 Å². The molecule has 1 N–H and O–H groups in total. The molecule has 0 saturated carbocycles. The van der Waals surface area contributed by atoms with Gasteiger partial charge in [-0.25, -0.2) is 4.79 Å². The van der Waals surface area contributed by atoms with Crippen molar-refractivity contribution >= 4 is 5.97 Å². The summed E-state index contributed by atoms with van der Waals surface area (Å²) in [5.74, 6) is 0.0362. The van der Waals surface area contributed by atoms with Gasteiger partial charge in [-0.2, -0.15) is 4.98 Å². The number of carboxylic acids is 1. The molecule has 6 heteroatoms. The van der Waals surface area contributed by atoms with Crippen LogP contribution in [0.4, 0.5) is 0 Å². The van der Waals surface area contributed by atoms with E-state index in [1.54, 1.807) is 0 Å². The Hall–Kier alpha value is -1.43. The summed E-state index contributed by atoms with van der Waals surface area (Å²) in [6.07, 6.45) is -0.869. The molecular formula is C9H14N2O4. The Bertz CT molecular complexity index is 335. The average molecular weight is 214 g/mol. The van der Waals surface area contributed by atoms with Crippen LogP contribution in [0, 0.1) is 0 Å². The molecule has 0 aliphatic rings. The first-order valence-corrected chi connectivity index (χ1v) is 4.67. The van der Waals surface area contributed by atoms with Crippen LogP contribution in [0.25, 0.3) is 0 Å². The summed E-state index contributed by atoms with van der Waals surface area (Å²) < 4.78 is 9.93. The molecular weight excluding hydrogens is 200 g/mol. The van der Waals surface area contributed by atoms with E-state index in [0.29, 0.717) is 11.7 Å². The second-order valence-electron chi connectivity index (χ2n) is 3.50. The maximum absolute atomic E-state index is 10.4. The number of aromatic nitrogens is 2. The summed E-state index contributed by atoms with van der Waals surface area (Å²) in [5.41, 5.74) is 0. The first-order chi connectivity index (χ1) is 7.00. The molecule has 0 aliphatic heterocycles. The van der Waals surface area contributed by atoms with Gasteiger partial charge in [0, 0.05) is 5.92 Å². The van der Waals surface area contributed by atoms with Crippen molar-refractivity contribution in [2.45, 2.75) is 39.4 Å². The van der Waals surface area contributed by atoms with Gasteiger partial charge >= 0.3 is 5.97 Å². The molecule has 0 fully saturated rings. The van der Waals surface area contributed by atoms with Crippen LogP contribution in [0.3, 0.4) is 0 Å². The van der Waals surface area contributed by atoms with Crippen LogP contribution in [-0.2, 0) is 16.1 Å². The van der Waals surface area contributed by atoms with Crippen LogP contribution >= 0.6 is 0 Å². The Labute approximate surface area is 87.2 Å². The summed E-state index contributed by atoms with van der Waals surface area (Å²) >= 11 is 0. The molecule has 6 nitrogen and oxygen atoms in total. The number of aliphatic carboxylic acids is 1. The minimum atomic E-state index is -1.01. The molecule has 1 aromatic rings. The van der Waals surface area contributed by atoms with Crippen LogP contribution in [0.1, 0.15) is 38.4 Å². The Morgan fingerprint density at radius 1 is 1.53 bits per heavy atom. The van der Waals surface area contributed by atoms with Gasteiger partial charge in [0.05, 0.1) is 0 Å². The summed E-state index contributed by atoms with van der Waals surface area (Å²) in [5, 5.41) is 12.2.